The minimum Gasteiger partial charge on any atom is -0.459 e. The third kappa shape index (κ3) is 7.11. The maximum absolute atomic E-state index is 13.2. The van der Waals surface area contributed by atoms with Crippen LogP contribution in [-0.2, 0) is 23.7 Å². The number of azide groups is 1. The summed E-state index contributed by atoms with van der Waals surface area (Å²) in [6.45, 7) is 0.325. The Hall–Kier alpha value is -5.19. The van der Waals surface area contributed by atoms with Gasteiger partial charge in [-0.15, -0.1) is 0 Å². The molecule has 3 aromatic carbocycles. The lowest BCUT2D eigenvalue weighted by Crippen LogP contribution is -2.67. The summed E-state index contributed by atoms with van der Waals surface area (Å²) in [6, 6.07) is 22.3. The Labute approximate surface area is 240 Å². The summed E-state index contributed by atoms with van der Waals surface area (Å²) in [5.41, 5.74) is 7.55. The van der Waals surface area contributed by atoms with E-state index in [0.29, 0.717) is 0 Å². The molecule has 1 N–H and O–H groups in total. The fourth-order valence-corrected chi connectivity index (χ4v) is 4.62. The van der Waals surface area contributed by atoms with Gasteiger partial charge in [0.25, 0.3) is 0 Å². The highest BCUT2D eigenvalue weighted by molar-refractivity contribution is 5.91. The van der Waals surface area contributed by atoms with Crippen LogP contribution < -0.4 is 0 Å². The zero-order chi connectivity index (χ0) is 30.1. The van der Waals surface area contributed by atoms with Crippen LogP contribution in [0.15, 0.2) is 96.1 Å². The van der Waals surface area contributed by atoms with Crippen LogP contribution in [0.3, 0.4) is 0 Å². The molecule has 0 bridgehead atoms. The van der Waals surface area contributed by atoms with Gasteiger partial charge in [0.2, 0.25) is 0 Å². The first kappa shape index (κ1) is 29.8. The summed E-state index contributed by atoms with van der Waals surface area (Å²) >= 11 is 0. The van der Waals surface area contributed by atoms with E-state index in [1.54, 1.807) is 54.6 Å². The maximum atomic E-state index is 13.2. The highest BCUT2D eigenvalue weighted by Crippen LogP contribution is 2.38. The number of hydrogen-bond acceptors (Lipinski definition) is 10. The van der Waals surface area contributed by atoms with Gasteiger partial charge in [-0.2, -0.15) is 0 Å². The molecule has 0 aromatic heterocycles. The summed E-state index contributed by atoms with van der Waals surface area (Å²) in [7, 11) is 0. The Kier molecular flexibility index (Phi) is 9.53. The molecule has 0 saturated heterocycles. The summed E-state index contributed by atoms with van der Waals surface area (Å²) in [4.78, 5) is 54.1. The van der Waals surface area contributed by atoms with Gasteiger partial charge in [0, 0.05) is 11.8 Å². The van der Waals surface area contributed by atoms with E-state index in [0.717, 1.165) is 6.92 Å². The van der Waals surface area contributed by atoms with Gasteiger partial charge in [-0.1, -0.05) is 59.7 Å². The lowest BCUT2D eigenvalue weighted by molar-refractivity contribution is -0.220. The molecule has 0 radical (unpaired) electrons. The number of hydrogen-bond donors (Lipinski definition) is 1. The standard InChI is InChI=1S/C30H27N3O9/c1-19(34)40-26-25(42-29(37)22-15-9-4-10-16-22)24(41-28(36)21-13-7-3-8-14-21)23(32-33-31)17-30(26,38)18-39-27(35)20-11-5-2-6-12-20/h2-16,23-26,38H,17-18H2,1H3/t23-,24-,25+,26-,30-/m0/s1. The average Bonchev–Trinajstić information content (AvgIpc) is 3.00. The number of carbonyl (C=O) groups is 4. The zero-order valence-electron chi connectivity index (χ0n) is 22.4. The van der Waals surface area contributed by atoms with Crippen molar-refractivity contribution < 1.29 is 43.2 Å². The second kappa shape index (κ2) is 13.4. The highest BCUT2D eigenvalue weighted by Gasteiger charge is 2.59. The molecule has 42 heavy (non-hydrogen) atoms. The molecule has 12 heteroatoms. The van der Waals surface area contributed by atoms with E-state index in [-0.39, 0.29) is 16.7 Å². The molecule has 0 aliphatic heterocycles. The van der Waals surface area contributed by atoms with Crippen LogP contribution >= 0.6 is 0 Å². The summed E-state index contributed by atoms with van der Waals surface area (Å²) in [5, 5.41) is 15.5. The van der Waals surface area contributed by atoms with Crippen molar-refractivity contribution >= 4 is 23.9 Å². The predicted molar refractivity (Wildman–Crippen MR) is 146 cm³/mol. The first-order valence-electron chi connectivity index (χ1n) is 12.9. The molecule has 1 aliphatic carbocycles. The van der Waals surface area contributed by atoms with Crippen molar-refractivity contribution in [2.75, 3.05) is 6.61 Å². The van der Waals surface area contributed by atoms with Crippen LogP contribution in [-0.4, -0.2) is 65.5 Å². The van der Waals surface area contributed by atoms with Crippen molar-refractivity contribution in [2.45, 2.75) is 43.3 Å². The molecule has 1 fully saturated rings. The fourth-order valence-electron chi connectivity index (χ4n) is 4.62. The minimum atomic E-state index is -2.23. The van der Waals surface area contributed by atoms with E-state index in [9.17, 15) is 29.8 Å². The van der Waals surface area contributed by atoms with Gasteiger partial charge >= 0.3 is 23.9 Å². The number of aliphatic hydroxyl groups is 1. The van der Waals surface area contributed by atoms with Crippen molar-refractivity contribution in [1.82, 2.24) is 0 Å². The zero-order valence-corrected chi connectivity index (χ0v) is 22.4. The van der Waals surface area contributed by atoms with Crippen LogP contribution in [0, 0.1) is 0 Å². The molecule has 0 unspecified atom stereocenters. The number of rotatable bonds is 9. The van der Waals surface area contributed by atoms with Crippen LogP contribution in [0.2, 0.25) is 0 Å². The lowest BCUT2D eigenvalue weighted by Gasteiger charge is -2.47. The van der Waals surface area contributed by atoms with Crippen molar-refractivity contribution in [3.8, 4) is 0 Å². The van der Waals surface area contributed by atoms with E-state index >= 15 is 0 Å². The minimum absolute atomic E-state index is 0.108. The molecule has 12 nitrogen and oxygen atoms in total. The van der Waals surface area contributed by atoms with Gasteiger partial charge in [0.05, 0.1) is 22.7 Å². The Morgan fingerprint density at radius 3 is 1.69 bits per heavy atom. The van der Waals surface area contributed by atoms with Gasteiger partial charge < -0.3 is 24.1 Å². The number of carbonyl (C=O) groups excluding carboxylic acids is 4. The Morgan fingerprint density at radius 1 is 0.786 bits per heavy atom. The van der Waals surface area contributed by atoms with Crippen LogP contribution in [0.25, 0.3) is 10.4 Å². The van der Waals surface area contributed by atoms with E-state index in [1.165, 1.54) is 36.4 Å². The first-order valence-corrected chi connectivity index (χ1v) is 12.9. The smallest absolute Gasteiger partial charge is 0.338 e. The predicted octanol–water partition coefficient (Wildman–Crippen LogP) is 4.04. The lowest BCUT2D eigenvalue weighted by atomic mass is 9.76. The Morgan fingerprint density at radius 2 is 1.24 bits per heavy atom. The van der Waals surface area contributed by atoms with Crippen molar-refractivity contribution in [3.05, 3.63) is 118 Å². The summed E-state index contributed by atoms with van der Waals surface area (Å²) < 4.78 is 22.3. The Bertz CT molecular complexity index is 1460. The molecule has 0 heterocycles. The SMILES string of the molecule is CC(=O)O[C@H]1[C@H](OC(=O)c2ccccc2)[C@@H](OC(=O)c2ccccc2)[C@@H](N=[N+]=[N-])C[C@]1(O)COC(=O)c1ccccc1. The van der Waals surface area contributed by atoms with Crippen LogP contribution in [0.1, 0.15) is 44.4 Å². The molecule has 0 spiro atoms. The molecule has 1 saturated carbocycles. The molecule has 3 aromatic rings. The number of benzene rings is 3. The van der Waals surface area contributed by atoms with Crippen molar-refractivity contribution in [1.29, 1.82) is 0 Å². The van der Waals surface area contributed by atoms with Crippen molar-refractivity contribution in [2.24, 2.45) is 5.11 Å². The maximum Gasteiger partial charge on any atom is 0.338 e. The second-order valence-corrected chi connectivity index (χ2v) is 9.52. The fraction of sp³-hybridized carbons (Fsp3) is 0.267. The largest absolute Gasteiger partial charge is 0.459 e. The van der Waals surface area contributed by atoms with Gasteiger partial charge in [-0.05, 0) is 48.4 Å². The third-order valence-corrected chi connectivity index (χ3v) is 6.55. The topological polar surface area (TPSA) is 174 Å². The van der Waals surface area contributed by atoms with E-state index in [2.05, 4.69) is 10.0 Å². The third-order valence-electron chi connectivity index (χ3n) is 6.55. The highest BCUT2D eigenvalue weighted by atomic mass is 16.6. The van der Waals surface area contributed by atoms with Gasteiger partial charge in [-0.25, -0.2) is 14.4 Å². The second-order valence-electron chi connectivity index (χ2n) is 9.52. The van der Waals surface area contributed by atoms with Gasteiger partial charge in [0.15, 0.2) is 18.3 Å². The van der Waals surface area contributed by atoms with E-state index < -0.39 is 66.9 Å². The summed E-state index contributed by atoms with van der Waals surface area (Å²) in [5.74, 6) is -3.41. The molecule has 1 aliphatic rings. The molecule has 0 amide bonds. The van der Waals surface area contributed by atoms with Crippen molar-refractivity contribution in [3.63, 3.8) is 0 Å². The molecule has 4 rings (SSSR count). The normalized spacial score (nSPS) is 23.0. The van der Waals surface area contributed by atoms with Gasteiger partial charge in [-0.3, -0.25) is 4.79 Å². The number of nitrogens with zero attached hydrogens (tertiary/aromatic N) is 3. The number of ether oxygens (including phenoxy) is 4. The average molecular weight is 574 g/mol. The summed E-state index contributed by atoms with van der Waals surface area (Å²) in [6.07, 6.45) is -5.37. The molecular weight excluding hydrogens is 546 g/mol. The Balaban J connectivity index is 1.73. The van der Waals surface area contributed by atoms with Crippen LogP contribution in [0.5, 0.6) is 0 Å². The van der Waals surface area contributed by atoms with E-state index in [1.807, 2.05) is 0 Å². The van der Waals surface area contributed by atoms with Crippen LogP contribution in [0.4, 0.5) is 0 Å². The molecular formula is C30H27N3O9. The number of esters is 4. The molecule has 216 valence electrons. The quantitative estimate of drug-likeness (QED) is 0.130. The molecule has 5 atom stereocenters. The van der Waals surface area contributed by atoms with Gasteiger partial charge in [0.1, 0.15) is 12.2 Å². The first-order chi connectivity index (χ1) is 20.2. The van der Waals surface area contributed by atoms with E-state index in [4.69, 9.17) is 18.9 Å². The monoisotopic (exact) mass is 573 g/mol.